The zero-order chi connectivity index (χ0) is 14.5. The number of hydrogen-bond acceptors (Lipinski definition) is 3. The summed E-state index contributed by atoms with van der Waals surface area (Å²) in [5, 5.41) is 8.50. The number of halogens is 1. The van der Waals surface area contributed by atoms with Crippen LogP contribution < -0.4 is 4.74 Å². The van der Waals surface area contributed by atoms with Crippen LogP contribution in [0.3, 0.4) is 0 Å². The van der Waals surface area contributed by atoms with Gasteiger partial charge in [0, 0.05) is 19.4 Å². The Hall–Kier alpha value is -1.91. The van der Waals surface area contributed by atoms with Gasteiger partial charge >= 0.3 is 0 Å². The van der Waals surface area contributed by atoms with E-state index in [1.54, 1.807) is 0 Å². The molecule has 1 aromatic heterocycles. The third-order valence-corrected chi connectivity index (χ3v) is 3.86. The molecule has 0 atom stereocenters. The molecule has 0 fully saturated rings. The lowest BCUT2D eigenvalue weighted by Gasteiger charge is -2.09. The molecule has 0 bridgehead atoms. The van der Waals surface area contributed by atoms with E-state index in [1.165, 1.54) is 19.3 Å². The van der Waals surface area contributed by atoms with Crippen molar-refractivity contribution >= 4 is 0 Å². The summed E-state index contributed by atoms with van der Waals surface area (Å²) in [4.78, 5) is 0. The number of nitrogens with zero attached hydrogens (tertiary/aromatic N) is 3. The Bertz CT molecular complexity index is 580. The highest BCUT2D eigenvalue weighted by Crippen LogP contribution is 2.17. The molecular formula is C16H20FN3O. The van der Waals surface area contributed by atoms with Gasteiger partial charge in [-0.1, -0.05) is 18.6 Å². The number of rotatable bonds is 5. The molecule has 0 aliphatic carbocycles. The van der Waals surface area contributed by atoms with Gasteiger partial charge < -0.3 is 9.30 Å². The summed E-state index contributed by atoms with van der Waals surface area (Å²) in [7, 11) is 0. The van der Waals surface area contributed by atoms with Gasteiger partial charge in [-0.05, 0) is 30.5 Å². The molecule has 0 spiro atoms. The Balaban J connectivity index is 1.63. The van der Waals surface area contributed by atoms with E-state index in [9.17, 15) is 4.39 Å². The second kappa shape index (κ2) is 6.70. The van der Waals surface area contributed by atoms with E-state index >= 15 is 0 Å². The van der Waals surface area contributed by atoms with Crippen LogP contribution in [-0.2, 0) is 26.0 Å². The second-order valence-corrected chi connectivity index (χ2v) is 5.37. The SMILES string of the molecule is FCCc1ccc(OCc2nnc3n2CCCCC3)cc1. The molecule has 3 rings (SSSR count). The van der Waals surface area contributed by atoms with Gasteiger partial charge in [-0.15, -0.1) is 10.2 Å². The quantitative estimate of drug-likeness (QED) is 0.849. The van der Waals surface area contributed by atoms with Gasteiger partial charge in [-0.3, -0.25) is 4.39 Å². The van der Waals surface area contributed by atoms with Crippen LogP contribution in [0.25, 0.3) is 0 Å². The number of ether oxygens (including phenoxy) is 1. The van der Waals surface area contributed by atoms with Crippen LogP contribution in [0.2, 0.25) is 0 Å². The monoisotopic (exact) mass is 289 g/mol. The first-order chi connectivity index (χ1) is 10.4. The Morgan fingerprint density at radius 2 is 1.95 bits per heavy atom. The van der Waals surface area contributed by atoms with Gasteiger partial charge in [-0.2, -0.15) is 0 Å². The maximum Gasteiger partial charge on any atom is 0.171 e. The van der Waals surface area contributed by atoms with E-state index in [2.05, 4.69) is 14.8 Å². The molecule has 2 heterocycles. The molecule has 1 aliphatic rings. The zero-order valence-corrected chi connectivity index (χ0v) is 12.1. The van der Waals surface area contributed by atoms with Crippen molar-refractivity contribution in [1.29, 1.82) is 0 Å². The minimum absolute atomic E-state index is 0.327. The molecule has 21 heavy (non-hydrogen) atoms. The van der Waals surface area contributed by atoms with Gasteiger partial charge in [0.05, 0.1) is 6.67 Å². The summed E-state index contributed by atoms with van der Waals surface area (Å²) >= 11 is 0. The fourth-order valence-corrected chi connectivity index (χ4v) is 2.66. The standard InChI is InChI=1S/C16H20FN3O/c17-10-9-13-5-7-14(8-6-13)21-12-16-19-18-15-4-2-1-3-11-20(15)16/h5-8H,1-4,9-12H2. The molecule has 0 radical (unpaired) electrons. The molecule has 2 aromatic rings. The van der Waals surface area contributed by atoms with Crippen LogP contribution in [0.1, 0.15) is 36.5 Å². The molecule has 0 N–H and O–H groups in total. The Morgan fingerprint density at radius 1 is 1.10 bits per heavy atom. The van der Waals surface area contributed by atoms with Crippen molar-refractivity contribution in [2.75, 3.05) is 6.67 Å². The summed E-state index contributed by atoms with van der Waals surface area (Å²) in [5.41, 5.74) is 0.987. The fourth-order valence-electron chi connectivity index (χ4n) is 2.66. The normalized spacial score (nSPS) is 14.5. The average Bonchev–Trinajstić information content (AvgIpc) is 2.74. The molecular weight excluding hydrogens is 269 g/mol. The Labute approximate surface area is 124 Å². The number of aromatic nitrogens is 3. The van der Waals surface area contributed by atoms with Crippen molar-refractivity contribution in [1.82, 2.24) is 14.8 Å². The van der Waals surface area contributed by atoms with Crippen molar-refractivity contribution in [3.8, 4) is 5.75 Å². The van der Waals surface area contributed by atoms with Gasteiger partial charge in [0.2, 0.25) is 0 Å². The van der Waals surface area contributed by atoms with E-state index in [-0.39, 0.29) is 6.67 Å². The number of fused-ring (bicyclic) bond motifs is 1. The van der Waals surface area contributed by atoms with Gasteiger partial charge in [0.25, 0.3) is 0 Å². The highest BCUT2D eigenvalue weighted by atomic mass is 19.1. The summed E-state index contributed by atoms with van der Waals surface area (Å²) in [5.74, 6) is 2.74. The smallest absolute Gasteiger partial charge is 0.171 e. The lowest BCUT2D eigenvalue weighted by atomic mass is 10.2. The molecule has 1 aliphatic heterocycles. The minimum atomic E-state index is -0.327. The van der Waals surface area contributed by atoms with E-state index in [0.717, 1.165) is 35.9 Å². The largest absolute Gasteiger partial charge is 0.486 e. The third kappa shape index (κ3) is 3.40. The number of hydrogen-bond donors (Lipinski definition) is 0. The van der Waals surface area contributed by atoms with Crippen LogP contribution in [0.4, 0.5) is 4.39 Å². The van der Waals surface area contributed by atoms with E-state index in [4.69, 9.17) is 4.74 Å². The van der Waals surface area contributed by atoms with Crippen LogP contribution in [0, 0.1) is 0 Å². The van der Waals surface area contributed by atoms with Gasteiger partial charge in [0.1, 0.15) is 18.2 Å². The van der Waals surface area contributed by atoms with Crippen LogP contribution in [-0.4, -0.2) is 21.4 Å². The lowest BCUT2D eigenvalue weighted by Crippen LogP contribution is -2.08. The highest BCUT2D eigenvalue weighted by Gasteiger charge is 2.14. The first-order valence-corrected chi connectivity index (χ1v) is 7.55. The number of benzene rings is 1. The summed E-state index contributed by atoms with van der Waals surface area (Å²) in [6.45, 7) is 1.08. The minimum Gasteiger partial charge on any atom is -0.486 e. The molecule has 112 valence electrons. The summed E-state index contributed by atoms with van der Waals surface area (Å²) in [6.07, 6.45) is 5.08. The van der Waals surface area contributed by atoms with E-state index in [0.29, 0.717) is 13.0 Å². The van der Waals surface area contributed by atoms with Gasteiger partial charge in [-0.25, -0.2) is 0 Å². The Kier molecular flexibility index (Phi) is 4.48. The van der Waals surface area contributed by atoms with Gasteiger partial charge in [0.15, 0.2) is 5.82 Å². The highest BCUT2D eigenvalue weighted by molar-refractivity contribution is 5.27. The second-order valence-electron chi connectivity index (χ2n) is 5.37. The van der Waals surface area contributed by atoms with Crippen molar-refractivity contribution in [3.63, 3.8) is 0 Å². The zero-order valence-electron chi connectivity index (χ0n) is 12.1. The predicted octanol–water partition coefficient (Wildman–Crippen LogP) is 3.10. The lowest BCUT2D eigenvalue weighted by molar-refractivity contribution is 0.288. The number of alkyl halides is 1. The van der Waals surface area contributed by atoms with E-state index < -0.39 is 0 Å². The summed E-state index contributed by atoms with van der Waals surface area (Å²) in [6, 6.07) is 7.56. The molecule has 0 saturated carbocycles. The van der Waals surface area contributed by atoms with Crippen LogP contribution in [0.5, 0.6) is 5.75 Å². The predicted molar refractivity (Wildman–Crippen MR) is 78.0 cm³/mol. The fraction of sp³-hybridized carbons (Fsp3) is 0.500. The molecule has 0 unspecified atom stereocenters. The molecule has 4 nitrogen and oxygen atoms in total. The van der Waals surface area contributed by atoms with E-state index in [1.807, 2.05) is 24.3 Å². The Morgan fingerprint density at radius 3 is 2.76 bits per heavy atom. The van der Waals surface area contributed by atoms with Crippen molar-refractivity contribution in [2.24, 2.45) is 0 Å². The first-order valence-electron chi connectivity index (χ1n) is 7.55. The maximum absolute atomic E-state index is 12.3. The first kappa shape index (κ1) is 14.0. The number of aryl methyl sites for hydroxylation is 2. The van der Waals surface area contributed by atoms with Crippen molar-refractivity contribution in [2.45, 2.75) is 45.3 Å². The molecule has 0 amide bonds. The maximum atomic E-state index is 12.3. The summed E-state index contributed by atoms with van der Waals surface area (Å²) < 4.78 is 20.2. The molecule has 1 aromatic carbocycles. The average molecular weight is 289 g/mol. The molecule has 5 heteroatoms. The topological polar surface area (TPSA) is 39.9 Å². The van der Waals surface area contributed by atoms with Crippen LogP contribution in [0.15, 0.2) is 24.3 Å². The third-order valence-electron chi connectivity index (χ3n) is 3.86. The molecule has 0 saturated heterocycles. The van der Waals surface area contributed by atoms with Crippen molar-refractivity contribution in [3.05, 3.63) is 41.5 Å². The van der Waals surface area contributed by atoms with Crippen molar-refractivity contribution < 1.29 is 9.13 Å². The van der Waals surface area contributed by atoms with Crippen LogP contribution >= 0.6 is 0 Å².